The van der Waals surface area contributed by atoms with Crippen LogP contribution in [0.4, 0.5) is 11.4 Å². The SMILES string of the molecule is COc1c(Br)cc(Br)cc1C(=O)NC(=S)Nc1ccccc1N1CCN(C(C)=O)CC1. The number of thiocarbonyl (C=S) groups is 1. The largest absolute Gasteiger partial charge is 0.495 e. The molecule has 10 heteroatoms. The number of nitrogens with one attached hydrogen (secondary N) is 2. The van der Waals surface area contributed by atoms with E-state index in [1.54, 1.807) is 19.1 Å². The minimum Gasteiger partial charge on any atom is -0.495 e. The predicted molar refractivity (Wildman–Crippen MR) is 133 cm³/mol. The third kappa shape index (κ3) is 5.75. The van der Waals surface area contributed by atoms with E-state index in [-0.39, 0.29) is 16.9 Å². The Balaban J connectivity index is 1.71. The molecular formula is C21H22Br2N4O3S. The van der Waals surface area contributed by atoms with Crippen molar-refractivity contribution in [3.63, 3.8) is 0 Å². The summed E-state index contributed by atoms with van der Waals surface area (Å²) in [5.74, 6) is 0.126. The quantitative estimate of drug-likeness (QED) is 0.542. The average molecular weight is 570 g/mol. The summed E-state index contributed by atoms with van der Waals surface area (Å²) in [5.41, 5.74) is 2.10. The molecular weight excluding hydrogens is 548 g/mol. The van der Waals surface area contributed by atoms with Crippen molar-refractivity contribution in [2.75, 3.05) is 43.5 Å². The van der Waals surface area contributed by atoms with Crippen LogP contribution in [0.25, 0.3) is 0 Å². The Kier molecular flexibility index (Phi) is 7.90. The van der Waals surface area contributed by atoms with E-state index in [1.165, 1.54) is 7.11 Å². The summed E-state index contributed by atoms with van der Waals surface area (Å²) in [6, 6.07) is 11.2. The lowest BCUT2D eigenvalue weighted by molar-refractivity contribution is -0.129. The minimum absolute atomic E-state index is 0.0876. The summed E-state index contributed by atoms with van der Waals surface area (Å²) in [4.78, 5) is 28.4. The topological polar surface area (TPSA) is 73.9 Å². The number of amides is 2. The van der Waals surface area contributed by atoms with Crippen LogP contribution >= 0.6 is 44.1 Å². The van der Waals surface area contributed by atoms with E-state index >= 15 is 0 Å². The van der Waals surface area contributed by atoms with Gasteiger partial charge in [0.05, 0.1) is 28.5 Å². The van der Waals surface area contributed by atoms with Crippen LogP contribution in [-0.4, -0.2) is 55.1 Å². The number of hydrogen-bond acceptors (Lipinski definition) is 5. The molecule has 2 N–H and O–H groups in total. The number of ether oxygens (including phenoxy) is 1. The maximum absolute atomic E-state index is 12.8. The molecule has 1 saturated heterocycles. The number of rotatable bonds is 4. The van der Waals surface area contributed by atoms with Gasteiger partial charge in [-0.1, -0.05) is 28.1 Å². The Morgan fingerprint density at radius 3 is 2.42 bits per heavy atom. The van der Waals surface area contributed by atoms with E-state index in [9.17, 15) is 9.59 Å². The van der Waals surface area contributed by atoms with Crippen LogP contribution in [0.5, 0.6) is 5.75 Å². The second-order valence-electron chi connectivity index (χ2n) is 6.89. The van der Waals surface area contributed by atoms with Crippen LogP contribution in [0, 0.1) is 0 Å². The number of nitrogens with zero attached hydrogens (tertiary/aromatic N) is 2. The van der Waals surface area contributed by atoms with Crippen molar-refractivity contribution in [1.82, 2.24) is 10.2 Å². The molecule has 31 heavy (non-hydrogen) atoms. The van der Waals surface area contributed by atoms with E-state index in [4.69, 9.17) is 17.0 Å². The van der Waals surface area contributed by atoms with Gasteiger partial charge in [0.25, 0.3) is 5.91 Å². The van der Waals surface area contributed by atoms with Crippen molar-refractivity contribution in [2.24, 2.45) is 0 Å². The fraction of sp³-hybridized carbons (Fsp3) is 0.286. The van der Waals surface area contributed by atoms with Crippen molar-refractivity contribution in [2.45, 2.75) is 6.92 Å². The Labute approximate surface area is 203 Å². The van der Waals surface area contributed by atoms with Crippen molar-refractivity contribution in [3.05, 3.63) is 50.9 Å². The van der Waals surface area contributed by atoms with Crippen molar-refractivity contribution in [1.29, 1.82) is 0 Å². The normalized spacial score (nSPS) is 13.5. The number of carbonyl (C=O) groups excluding carboxylic acids is 2. The monoisotopic (exact) mass is 568 g/mol. The molecule has 164 valence electrons. The number of carbonyl (C=O) groups is 2. The molecule has 0 bridgehead atoms. The highest BCUT2D eigenvalue weighted by molar-refractivity contribution is 9.11. The number of halogens is 2. The van der Waals surface area contributed by atoms with Crippen molar-refractivity contribution < 1.29 is 14.3 Å². The number of hydrogen-bond donors (Lipinski definition) is 2. The molecule has 1 heterocycles. The Hall–Kier alpha value is -2.17. The minimum atomic E-state index is -0.385. The molecule has 0 radical (unpaired) electrons. The number of piperazine rings is 1. The van der Waals surface area contributed by atoms with Gasteiger partial charge in [0.2, 0.25) is 5.91 Å². The molecule has 2 aromatic carbocycles. The van der Waals surface area contributed by atoms with Gasteiger partial charge in [-0.25, -0.2) is 0 Å². The molecule has 2 aromatic rings. The molecule has 0 spiro atoms. The molecule has 1 aliphatic heterocycles. The van der Waals surface area contributed by atoms with Gasteiger partial charge in [-0.15, -0.1) is 0 Å². The van der Waals surface area contributed by atoms with Crippen LogP contribution in [0.2, 0.25) is 0 Å². The van der Waals surface area contributed by atoms with E-state index in [2.05, 4.69) is 47.4 Å². The lowest BCUT2D eigenvalue weighted by Gasteiger charge is -2.36. The zero-order valence-corrected chi connectivity index (χ0v) is 21.1. The van der Waals surface area contributed by atoms with Gasteiger partial charge in [0.1, 0.15) is 5.75 Å². The van der Waals surface area contributed by atoms with Gasteiger partial charge >= 0.3 is 0 Å². The maximum Gasteiger partial charge on any atom is 0.261 e. The third-order valence-electron chi connectivity index (χ3n) is 4.90. The smallest absolute Gasteiger partial charge is 0.261 e. The molecule has 0 unspecified atom stereocenters. The van der Waals surface area contributed by atoms with Crippen LogP contribution in [0.3, 0.4) is 0 Å². The van der Waals surface area contributed by atoms with Gasteiger partial charge in [0.15, 0.2) is 5.11 Å². The van der Waals surface area contributed by atoms with Crippen LogP contribution in [-0.2, 0) is 4.79 Å². The van der Waals surface area contributed by atoms with Crippen LogP contribution in [0.15, 0.2) is 45.3 Å². The van der Waals surface area contributed by atoms with Gasteiger partial charge in [-0.05, 0) is 52.4 Å². The molecule has 1 fully saturated rings. The van der Waals surface area contributed by atoms with E-state index < -0.39 is 0 Å². The summed E-state index contributed by atoms with van der Waals surface area (Å²) in [6.45, 7) is 4.37. The molecule has 2 amide bonds. The molecule has 1 aliphatic rings. The van der Waals surface area contributed by atoms with Gasteiger partial charge < -0.3 is 19.9 Å². The molecule has 0 aliphatic carbocycles. The summed E-state index contributed by atoms with van der Waals surface area (Å²) in [7, 11) is 1.50. The van der Waals surface area contributed by atoms with E-state index in [1.807, 2.05) is 29.2 Å². The first-order valence-electron chi connectivity index (χ1n) is 9.55. The van der Waals surface area contributed by atoms with Crippen LogP contribution in [0.1, 0.15) is 17.3 Å². The van der Waals surface area contributed by atoms with Gasteiger partial charge in [0, 0.05) is 37.6 Å². The second kappa shape index (κ2) is 10.4. The Bertz CT molecular complexity index is 1010. The van der Waals surface area contributed by atoms with E-state index in [0.717, 1.165) is 28.9 Å². The second-order valence-corrected chi connectivity index (χ2v) is 9.07. The highest BCUT2D eigenvalue weighted by Crippen LogP contribution is 2.33. The molecule has 0 aromatic heterocycles. The fourth-order valence-corrected chi connectivity index (χ4v) is 4.97. The Morgan fingerprint density at radius 1 is 1.10 bits per heavy atom. The molecule has 0 atom stereocenters. The number of para-hydroxylation sites is 2. The first kappa shape index (κ1) is 23.5. The molecule has 3 rings (SSSR count). The number of benzene rings is 2. The summed E-state index contributed by atoms with van der Waals surface area (Å²) in [5, 5.41) is 6.02. The lowest BCUT2D eigenvalue weighted by Crippen LogP contribution is -2.48. The summed E-state index contributed by atoms with van der Waals surface area (Å²) in [6.07, 6.45) is 0. The van der Waals surface area contributed by atoms with Gasteiger partial charge in [-0.3, -0.25) is 14.9 Å². The van der Waals surface area contributed by atoms with Gasteiger partial charge in [-0.2, -0.15) is 0 Å². The zero-order chi connectivity index (χ0) is 22.5. The number of anilines is 2. The molecule has 7 nitrogen and oxygen atoms in total. The molecule has 0 saturated carbocycles. The van der Waals surface area contributed by atoms with Crippen molar-refractivity contribution >= 4 is 72.4 Å². The Morgan fingerprint density at radius 2 is 1.77 bits per heavy atom. The first-order valence-corrected chi connectivity index (χ1v) is 11.5. The zero-order valence-electron chi connectivity index (χ0n) is 17.1. The summed E-state index contributed by atoms with van der Waals surface area (Å²) < 4.78 is 6.74. The van der Waals surface area contributed by atoms with E-state index in [0.29, 0.717) is 28.9 Å². The maximum atomic E-state index is 12.8. The highest BCUT2D eigenvalue weighted by Gasteiger charge is 2.21. The summed E-state index contributed by atoms with van der Waals surface area (Å²) >= 11 is 12.2. The fourth-order valence-electron chi connectivity index (χ4n) is 3.38. The average Bonchev–Trinajstić information content (AvgIpc) is 2.73. The standard InChI is InChI=1S/C21H22Br2N4O3S/c1-13(28)26-7-9-27(10-8-26)18-6-4-3-5-17(18)24-21(31)25-20(29)15-11-14(22)12-16(23)19(15)30-2/h3-6,11-12H,7-10H2,1-2H3,(H2,24,25,29,31). The predicted octanol–water partition coefficient (Wildman–Crippen LogP) is 4.02. The van der Waals surface area contributed by atoms with Crippen molar-refractivity contribution in [3.8, 4) is 5.75 Å². The number of methoxy groups -OCH3 is 1. The lowest BCUT2D eigenvalue weighted by atomic mass is 10.2. The highest BCUT2D eigenvalue weighted by atomic mass is 79.9. The third-order valence-corrected chi connectivity index (χ3v) is 6.15. The first-order chi connectivity index (χ1) is 14.8. The van der Waals surface area contributed by atoms with Crippen LogP contribution < -0.4 is 20.3 Å².